The molecule has 2 aliphatic carbocycles. The fraction of sp³-hybridized carbons (Fsp3) is 0.536. The van der Waals surface area contributed by atoms with E-state index in [9.17, 15) is 9.18 Å². The molecule has 6 nitrogen and oxygen atoms in total. The minimum absolute atomic E-state index is 0.291. The summed E-state index contributed by atoms with van der Waals surface area (Å²) in [5.74, 6) is 0.511. The molecule has 1 heterocycles. The Kier molecular flexibility index (Phi) is 9.78. The van der Waals surface area contributed by atoms with Gasteiger partial charge in [0.05, 0.1) is 0 Å². The molecule has 0 aromatic heterocycles. The van der Waals surface area contributed by atoms with Crippen LogP contribution in [-0.4, -0.2) is 42.4 Å². The second-order valence-electron chi connectivity index (χ2n) is 10.1. The molecule has 35 heavy (non-hydrogen) atoms. The van der Waals surface area contributed by atoms with Crippen LogP contribution < -0.4 is 16.8 Å². The van der Waals surface area contributed by atoms with Crippen molar-refractivity contribution in [2.24, 2.45) is 17.4 Å². The topological polar surface area (TPSA) is 87.6 Å². The van der Waals surface area contributed by atoms with Crippen LogP contribution >= 0.6 is 0 Å². The first-order valence-electron chi connectivity index (χ1n) is 12.8. The molecule has 2 saturated carbocycles. The smallest absolute Gasteiger partial charge is 0.211 e. The number of halogens is 1. The molecular formula is C28H42FN5O. The van der Waals surface area contributed by atoms with E-state index in [1.54, 1.807) is 29.5 Å². The quantitative estimate of drug-likeness (QED) is 0.384. The highest BCUT2D eigenvalue weighted by atomic mass is 19.1. The molecular weight excluding hydrogens is 441 g/mol. The van der Waals surface area contributed by atoms with Crippen LogP contribution in [0.15, 0.2) is 46.9 Å². The Balaban J connectivity index is 0.000000371. The van der Waals surface area contributed by atoms with Gasteiger partial charge in [-0.15, -0.1) is 0 Å². The lowest BCUT2D eigenvalue weighted by molar-refractivity contribution is -0.105. The molecule has 1 aliphatic heterocycles. The fourth-order valence-electron chi connectivity index (χ4n) is 5.05. The van der Waals surface area contributed by atoms with Gasteiger partial charge in [0, 0.05) is 55.5 Å². The number of rotatable bonds is 7. The number of nitrogens with zero attached hydrogens (tertiary/aromatic N) is 2. The van der Waals surface area contributed by atoms with Crippen LogP contribution in [0.4, 0.5) is 10.1 Å². The van der Waals surface area contributed by atoms with Gasteiger partial charge >= 0.3 is 0 Å². The zero-order valence-corrected chi connectivity index (χ0v) is 21.6. The maximum Gasteiger partial charge on any atom is 0.211 e. The third kappa shape index (κ3) is 8.13. The van der Waals surface area contributed by atoms with Gasteiger partial charge in [-0.2, -0.15) is 0 Å². The van der Waals surface area contributed by atoms with Gasteiger partial charge in [0.2, 0.25) is 6.41 Å². The molecule has 4 rings (SSSR count). The minimum atomic E-state index is -0.291. The Bertz CT molecular complexity index is 940. The Morgan fingerprint density at radius 3 is 2.17 bits per heavy atom. The predicted molar refractivity (Wildman–Crippen MR) is 142 cm³/mol. The van der Waals surface area contributed by atoms with Gasteiger partial charge in [-0.1, -0.05) is 18.4 Å². The number of benzene rings is 1. The second-order valence-corrected chi connectivity index (χ2v) is 10.1. The molecule has 3 fully saturated rings. The highest BCUT2D eigenvalue weighted by molar-refractivity contribution is 5.74. The van der Waals surface area contributed by atoms with Gasteiger partial charge in [-0.05, 0) is 87.8 Å². The lowest BCUT2D eigenvalue weighted by Crippen LogP contribution is -2.46. The number of amides is 1. The van der Waals surface area contributed by atoms with Crippen LogP contribution in [0.25, 0.3) is 0 Å². The van der Waals surface area contributed by atoms with E-state index >= 15 is 0 Å². The first-order valence-corrected chi connectivity index (χ1v) is 12.8. The molecule has 192 valence electrons. The van der Waals surface area contributed by atoms with Gasteiger partial charge in [0.15, 0.2) is 0 Å². The standard InChI is InChI=1S/C22H30FN3O.C6H12N2/c1-16-19(12-20(23)13-21(16)24-15-27)14-25-8-10-26(11-9-25)22(18-6-7-18)17-4-2-3-5-17;1-5(7)3-4-6(2)8/h12-13,15,17H,2-11,14H2,1H3,(H,24,27);3-4H,7-8H2,1-2H3/b;5-3-,6-4-. The van der Waals surface area contributed by atoms with Crippen LogP contribution in [0, 0.1) is 18.7 Å². The number of hydrogen-bond donors (Lipinski definition) is 3. The third-order valence-electron chi connectivity index (χ3n) is 7.01. The highest BCUT2D eigenvalue weighted by Crippen LogP contribution is 2.42. The number of anilines is 1. The summed E-state index contributed by atoms with van der Waals surface area (Å²) in [6, 6.07) is 2.99. The summed E-state index contributed by atoms with van der Waals surface area (Å²) in [4.78, 5) is 15.8. The van der Waals surface area contributed by atoms with Crippen molar-refractivity contribution in [3.05, 3.63) is 63.9 Å². The lowest BCUT2D eigenvalue weighted by atomic mass is 10.0. The molecule has 1 aromatic carbocycles. The van der Waals surface area contributed by atoms with Crippen LogP contribution in [0.3, 0.4) is 0 Å². The van der Waals surface area contributed by atoms with Gasteiger partial charge < -0.3 is 21.7 Å². The average molecular weight is 484 g/mol. The van der Waals surface area contributed by atoms with E-state index in [2.05, 4.69) is 15.1 Å². The lowest BCUT2D eigenvalue weighted by Gasteiger charge is -2.39. The van der Waals surface area contributed by atoms with Gasteiger partial charge in [-0.3, -0.25) is 9.69 Å². The Hall–Kier alpha value is -2.80. The number of nitrogens with two attached hydrogens (primary N) is 2. The summed E-state index contributed by atoms with van der Waals surface area (Å²) >= 11 is 0. The van der Waals surface area contributed by atoms with Crippen LogP contribution in [0.1, 0.15) is 63.5 Å². The molecule has 1 aromatic rings. The molecule has 7 heteroatoms. The van der Waals surface area contributed by atoms with Crippen LogP contribution in [0.5, 0.6) is 0 Å². The monoisotopic (exact) mass is 483 g/mol. The van der Waals surface area contributed by atoms with Crippen molar-refractivity contribution < 1.29 is 9.18 Å². The summed E-state index contributed by atoms with van der Waals surface area (Å²) < 4.78 is 13.9. The summed E-state index contributed by atoms with van der Waals surface area (Å²) in [7, 11) is 0. The van der Waals surface area contributed by atoms with E-state index < -0.39 is 0 Å². The molecule has 0 bridgehead atoms. The maximum atomic E-state index is 13.9. The molecule has 0 spiro atoms. The molecule has 1 saturated heterocycles. The van der Waals surface area contributed by atoms with Crippen molar-refractivity contribution in [1.29, 1.82) is 0 Å². The number of carbonyl (C=O) groups is 1. The van der Waals surface area contributed by atoms with E-state index in [0.717, 1.165) is 61.2 Å². The number of nitrogens with one attached hydrogen (secondary N) is 1. The number of hydrogen-bond acceptors (Lipinski definition) is 5. The molecule has 1 amide bonds. The zero-order chi connectivity index (χ0) is 25.4. The van der Waals surface area contributed by atoms with E-state index in [4.69, 9.17) is 11.5 Å². The maximum absolute atomic E-state index is 13.9. The molecule has 5 N–H and O–H groups in total. The molecule has 0 unspecified atom stereocenters. The van der Waals surface area contributed by atoms with E-state index in [1.165, 1.54) is 44.6 Å². The van der Waals surface area contributed by atoms with E-state index in [1.807, 2.05) is 20.8 Å². The van der Waals surface area contributed by atoms with Gasteiger partial charge in [0.1, 0.15) is 5.82 Å². The van der Waals surface area contributed by atoms with Crippen molar-refractivity contribution in [1.82, 2.24) is 9.80 Å². The summed E-state index contributed by atoms with van der Waals surface area (Å²) in [5, 5.41) is 2.61. The SMILES string of the molecule is C/C(N)=C/C=C(/C)N.Cc1c(CN2CCN(C(=C3CC3)C3CCCC3)CC2)cc(F)cc1NC=O. The number of carbonyl (C=O) groups excluding carboxylic acids is 1. The van der Waals surface area contributed by atoms with Gasteiger partial charge in [0.25, 0.3) is 0 Å². The Labute approximate surface area is 209 Å². The zero-order valence-electron chi connectivity index (χ0n) is 21.6. The molecule has 3 aliphatic rings. The third-order valence-corrected chi connectivity index (χ3v) is 7.01. The van der Waals surface area contributed by atoms with E-state index in [-0.39, 0.29) is 5.82 Å². The second kappa shape index (κ2) is 12.8. The van der Waals surface area contributed by atoms with Crippen molar-refractivity contribution >= 4 is 12.1 Å². The normalized spacial score (nSPS) is 19.3. The molecule has 0 atom stereocenters. The summed E-state index contributed by atoms with van der Waals surface area (Å²) in [6.07, 6.45) is 12.3. The predicted octanol–water partition coefficient (Wildman–Crippen LogP) is 4.77. The summed E-state index contributed by atoms with van der Waals surface area (Å²) in [6.45, 7) is 10.5. The largest absolute Gasteiger partial charge is 0.402 e. The fourth-order valence-corrected chi connectivity index (χ4v) is 5.05. The van der Waals surface area contributed by atoms with Crippen LogP contribution in [0.2, 0.25) is 0 Å². The van der Waals surface area contributed by atoms with Gasteiger partial charge in [-0.25, -0.2) is 4.39 Å². The van der Waals surface area contributed by atoms with Crippen LogP contribution in [-0.2, 0) is 11.3 Å². The van der Waals surface area contributed by atoms with Crippen molar-refractivity contribution in [3.8, 4) is 0 Å². The van der Waals surface area contributed by atoms with Crippen molar-refractivity contribution in [3.63, 3.8) is 0 Å². The Morgan fingerprint density at radius 2 is 1.66 bits per heavy atom. The van der Waals surface area contributed by atoms with Crippen molar-refractivity contribution in [2.75, 3.05) is 31.5 Å². The Morgan fingerprint density at radius 1 is 1.06 bits per heavy atom. The average Bonchev–Trinajstić information content (AvgIpc) is 3.50. The summed E-state index contributed by atoms with van der Waals surface area (Å²) in [5.41, 5.74) is 18.0. The first kappa shape index (κ1) is 26.8. The van der Waals surface area contributed by atoms with Crippen molar-refractivity contribution in [2.45, 2.75) is 65.8 Å². The molecule has 0 radical (unpaired) electrons. The minimum Gasteiger partial charge on any atom is -0.402 e. The number of allylic oxidation sites excluding steroid dienone is 6. The highest BCUT2D eigenvalue weighted by Gasteiger charge is 2.32. The van der Waals surface area contributed by atoms with E-state index in [0.29, 0.717) is 12.1 Å². The number of piperazine rings is 1. The first-order chi connectivity index (χ1) is 16.8.